The number of carbonyl (C=O) groups is 1. The number of thiophene rings is 1. The summed E-state index contributed by atoms with van der Waals surface area (Å²) < 4.78 is 1.74. The lowest BCUT2D eigenvalue weighted by Crippen LogP contribution is -2.31. The van der Waals surface area contributed by atoms with E-state index in [9.17, 15) is 4.79 Å². The molecule has 1 aromatic carbocycles. The molecular weight excluding hydrogens is 322 g/mol. The molecule has 0 spiro atoms. The van der Waals surface area contributed by atoms with Crippen LogP contribution >= 0.6 is 11.3 Å². The highest BCUT2D eigenvalue weighted by Gasteiger charge is 2.33. The molecule has 4 rings (SSSR count). The van der Waals surface area contributed by atoms with Crippen molar-refractivity contribution in [3.63, 3.8) is 0 Å². The number of aromatic nitrogens is 3. The number of hydrogen-bond donors (Lipinski definition) is 2. The van der Waals surface area contributed by atoms with E-state index in [1.54, 1.807) is 16.0 Å². The van der Waals surface area contributed by atoms with Crippen LogP contribution in [0, 0.1) is 0 Å². The topological polar surface area (TPSA) is 71.8 Å². The second kappa shape index (κ2) is 5.93. The third kappa shape index (κ3) is 2.48. The highest BCUT2D eigenvalue weighted by molar-refractivity contribution is 7.08. The molecule has 0 saturated carbocycles. The summed E-state index contributed by atoms with van der Waals surface area (Å²) in [5.74, 6) is 0.489. The van der Waals surface area contributed by atoms with Crippen molar-refractivity contribution in [3.8, 4) is 0 Å². The SMILES string of the molecule is CC1=C(C(=O)Nc2ccccc2)[C@@H](c2ccsc2)n2ncnc2N1. The number of para-hydroxylation sites is 1. The maximum Gasteiger partial charge on any atom is 0.255 e. The molecule has 120 valence electrons. The Morgan fingerprint density at radius 2 is 2.12 bits per heavy atom. The van der Waals surface area contributed by atoms with Gasteiger partial charge in [0.15, 0.2) is 0 Å². The molecule has 0 radical (unpaired) electrons. The first-order chi connectivity index (χ1) is 11.7. The number of nitrogens with one attached hydrogen (secondary N) is 2. The summed E-state index contributed by atoms with van der Waals surface area (Å²) in [5, 5.41) is 14.5. The molecule has 1 amide bonds. The van der Waals surface area contributed by atoms with Crippen molar-refractivity contribution in [2.45, 2.75) is 13.0 Å². The van der Waals surface area contributed by atoms with Gasteiger partial charge in [0, 0.05) is 11.4 Å². The van der Waals surface area contributed by atoms with Crippen molar-refractivity contribution in [2.24, 2.45) is 0 Å². The summed E-state index contributed by atoms with van der Waals surface area (Å²) in [6.45, 7) is 1.89. The maximum atomic E-state index is 12.9. The predicted molar refractivity (Wildman–Crippen MR) is 93.9 cm³/mol. The van der Waals surface area contributed by atoms with E-state index in [-0.39, 0.29) is 11.9 Å². The Morgan fingerprint density at radius 3 is 2.88 bits per heavy atom. The van der Waals surface area contributed by atoms with Gasteiger partial charge in [0.25, 0.3) is 5.91 Å². The van der Waals surface area contributed by atoms with Gasteiger partial charge in [-0.15, -0.1) is 0 Å². The fourth-order valence-electron chi connectivity index (χ4n) is 2.84. The quantitative estimate of drug-likeness (QED) is 0.769. The minimum Gasteiger partial charge on any atom is -0.328 e. The Balaban J connectivity index is 1.75. The van der Waals surface area contributed by atoms with E-state index in [4.69, 9.17) is 0 Å². The smallest absolute Gasteiger partial charge is 0.255 e. The van der Waals surface area contributed by atoms with Crippen LogP contribution in [0.4, 0.5) is 11.6 Å². The number of hydrogen-bond acceptors (Lipinski definition) is 5. The molecule has 0 bridgehead atoms. The predicted octanol–water partition coefficient (Wildman–Crippen LogP) is 3.27. The first-order valence-electron chi connectivity index (χ1n) is 7.50. The van der Waals surface area contributed by atoms with Crippen LogP contribution in [0.1, 0.15) is 18.5 Å². The van der Waals surface area contributed by atoms with Gasteiger partial charge in [-0.2, -0.15) is 21.4 Å². The fourth-order valence-corrected chi connectivity index (χ4v) is 3.52. The van der Waals surface area contributed by atoms with Crippen LogP contribution in [-0.4, -0.2) is 20.7 Å². The second-order valence-corrected chi connectivity index (χ2v) is 6.25. The zero-order valence-corrected chi connectivity index (χ0v) is 13.7. The van der Waals surface area contributed by atoms with Crippen molar-refractivity contribution < 1.29 is 4.79 Å². The number of carbonyl (C=O) groups excluding carboxylic acids is 1. The van der Waals surface area contributed by atoms with Gasteiger partial charge in [-0.25, -0.2) is 4.68 Å². The van der Waals surface area contributed by atoms with E-state index in [1.165, 1.54) is 6.33 Å². The van der Waals surface area contributed by atoms with Crippen molar-refractivity contribution in [1.29, 1.82) is 0 Å². The molecule has 1 aliphatic heterocycles. The average Bonchev–Trinajstić information content (AvgIpc) is 3.25. The molecule has 0 fully saturated rings. The lowest BCUT2D eigenvalue weighted by atomic mass is 9.97. The van der Waals surface area contributed by atoms with E-state index < -0.39 is 0 Å². The zero-order chi connectivity index (χ0) is 16.5. The summed E-state index contributed by atoms with van der Waals surface area (Å²) in [6.07, 6.45) is 1.49. The Kier molecular flexibility index (Phi) is 3.62. The van der Waals surface area contributed by atoms with Crippen LogP contribution in [0.15, 0.2) is 64.8 Å². The number of nitrogens with zero attached hydrogens (tertiary/aromatic N) is 3. The third-order valence-electron chi connectivity index (χ3n) is 3.93. The van der Waals surface area contributed by atoms with Crippen molar-refractivity contribution >= 4 is 28.9 Å². The lowest BCUT2D eigenvalue weighted by molar-refractivity contribution is -0.113. The van der Waals surface area contributed by atoms with Gasteiger partial charge < -0.3 is 10.6 Å². The first-order valence-corrected chi connectivity index (χ1v) is 8.44. The van der Waals surface area contributed by atoms with Crippen LogP contribution < -0.4 is 10.6 Å². The van der Waals surface area contributed by atoms with Gasteiger partial charge >= 0.3 is 0 Å². The third-order valence-corrected chi connectivity index (χ3v) is 4.63. The van der Waals surface area contributed by atoms with E-state index in [0.29, 0.717) is 11.5 Å². The van der Waals surface area contributed by atoms with Crippen LogP contribution in [0.3, 0.4) is 0 Å². The van der Waals surface area contributed by atoms with E-state index in [2.05, 4.69) is 20.7 Å². The Morgan fingerprint density at radius 1 is 1.29 bits per heavy atom. The molecule has 1 atom stereocenters. The van der Waals surface area contributed by atoms with Gasteiger partial charge in [0.2, 0.25) is 5.95 Å². The van der Waals surface area contributed by atoms with Gasteiger partial charge in [-0.05, 0) is 41.4 Å². The number of fused-ring (bicyclic) bond motifs is 1. The number of rotatable bonds is 3. The Hall–Kier alpha value is -2.93. The van der Waals surface area contributed by atoms with Gasteiger partial charge in [0.05, 0.1) is 5.57 Å². The molecule has 24 heavy (non-hydrogen) atoms. The monoisotopic (exact) mass is 337 g/mol. The molecule has 0 unspecified atom stereocenters. The molecule has 0 aliphatic carbocycles. The fraction of sp³-hybridized carbons (Fsp3) is 0.118. The Bertz CT molecular complexity index is 898. The number of amides is 1. The minimum absolute atomic E-state index is 0.149. The van der Waals surface area contributed by atoms with Gasteiger partial charge in [-0.3, -0.25) is 4.79 Å². The normalized spacial score (nSPS) is 16.5. The van der Waals surface area contributed by atoms with Crippen LogP contribution in [0.2, 0.25) is 0 Å². The Labute approximate surface area is 142 Å². The summed E-state index contributed by atoms with van der Waals surface area (Å²) in [7, 11) is 0. The number of benzene rings is 1. The molecule has 2 N–H and O–H groups in total. The summed E-state index contributed by atoms with van der Waals surface area (Å²) in [6, 6.07) is 11.1. The van der Waals surface area contributed by atoms with Crippen LogP contribution in [0.25, 0.3) is 0 Å². The lowest BCUT2D eigenvalue weighted by Gasteiger charge is -2.28. The highest BCUT2D eigenvalue weighted by Crippen LogP contribution is 2.35. The van der Waals surface area contributed by atoms with E-state index in [0.717, 1.165) is 16.9 Å². The molecule has 3 aromatic rings. The van der Waals surface area contributed by atoms with Gasteiger partial charge in [-0.1, -0.05) is 18.2 Å². The molecule has 0 saturated heterocycles. The van der Waals surface area contributed by atoms with E-state index in [1.807, 2.05) is 54.1 Å². The zero-order valence-electron chi connectivity index (χ0n) is 12.9. The summed E-state index contributed by atoms with van der Waals surface area (Å²) in [5.41, 5.74) is 3.19. The molecular formula is C17H15N5OS. The molecule has 7 heteroatoms. The largest absolute Gasteiger partial charge is 0.328 e. The molecule has 3 heterocycles. The molecule has 2 aromatic heterocycles. The maximum absolute atomic E-state index is 12.9. The van der Waals surface area contributed by atoms with Crippen LogP contribution in [-0.2, 0) is 4.79 Å². The average molecular weight is 337 g/mol. The second-order valence-electron chi connectivity index (χ2n) is 5.47. The standard InChI is InChI=1S/C17H15N5OS/c1-11-14(16(23)21-13-5-3-2-4-6-13)15(12-7-8-24-9-12)22-17(20-11)18-10-19-22/h2-10,15H,1H3,(H,21,23)(H,18,19,20)/t15-/m1/s1. The highest BCUT2D eigenvalue weighted by atomic mass is 32.1. The van der Waals surface area contributed by atoms with Gasteiger partial charge in [0.1, 0.15) is 12.4 Å². The van der Waals surface area contributed by atoms with Crippen molar-refractivity contribution in [2.75, 3.05) is 10.6 Å². The number of allylic oxidation sites excluding steroid dienone is 1. The molecule has 6 nitrogen and oxygen atoms in total. The summed E-state index contributed by atoms with van der Waals surface area (Å²) in [4.78, 5) is 17.2. The minimum atomic E-state index is -0.293. The first kappa shape index (κ1) is 14.6. The van der Waals surface area contributed by atoms with Crippen LogP contribution in [0.5, 0.6) is 0 Å². The number of anilines is 2. The van der Waals surface area contributed by atoms with E-state index >= 15 is 0 Å². The molecule has 1 aliphatic rings. The van der Waals surface area contributed by atoms with Crippen molar-refractivity contribution in [1.82, 2.24) is 14.8 Å². The summed E-state index contributed by atoms with van der Waals surface area (Å²) >= 11 is 1.59. The van der Waals surface area contributed by atoms with Crippen molar-refractivity contribution in [3.05, 3.63) is 70.3 Å².